The Morgan fingerprint density at radius 1 is 1.36 bits per heavy atom. The molecule has 14 heavy (non-hydrogen) atoms. The van der Waals surface area contributed by atoms with Gasteiger partial charge in [-0.1, -0.05) is 19.8 Å². The fourth-order valence-electron chi connectivity index (χ4n) is 1.06. The van der Waals surface area contributed by atoms with Crippen LogP contribution in [0, 0.1) is 0 Å². The fourth-order valence-corrected chi connectivity index (χ4v) is 2.17. The van der Waals surface area contributed by atoms with Crippen LogP contribution in [0.1, 0.15) is 40.0 Å². The van der Waals surface area contributed by atoms with Crippen LogP contribution in [0.15, 0.2) is 0 Å². The number of aliphatic hydroxyl groups excluding tert-OH is 1. The molecule has 0 bridgehead atoms. The summed E-state index contributed by atoms with van der Waals surface area (Å²) >= 11 is 0. The predicted molar refractivity (Wildman–Crippen MR) is 57.6 cm³/mol. The lowest BCUT2D eigenvalue weighted by Gasteiger charge is -2.16. The summed E-state index contributed by atoms with van der Waals surface area (Å²) in [5.41, 5.74) is 0. The maximum atomic E-state index is 11.5. The van der Waals surface area contributed by atoms with Gasteiger partial charge in [0, 0.05) is 6.04 Å². The largest absolute Gasteiger partial charge is 0.395 e. The minimum absolute atomic E-state index is 0.0473. The summed E-state index contributed by atoms with van der Waals surface area (Å²) in [5, 5.41) is 8.01. The van der Waals surface area contributed by atoms with Crippen LogP contribution >= 0.6 is 0 Å². The van der Waals surface area contributed by atoms with Gasteiger partial charge in [-0.25, -0.2) is 13.1 Å². The second-order valence-corrected chi connectivity index (χ2v) is 5.83. The highest BCUT2D eigenvalue weighted by Gasteiger charge is 2.21. The van der Waals surface area contributed by atoms with E-state index < -0.39 is 15.3 Å². The Morgan fingerprint density at radius 2 is 1.93 bits per heavy atom. The molecule has 2 unspecified atom stereocenters. The SMILES string of the molecule is CCCCC(C)NS(=O)(=O)C(C)CO. The average molecular weight is 223 g/mol. The second kappa shape index (κ2) is 6.37. The summed E-state index contributed by atoms with van der Waals surface area (Å²) < 4.78 is 25.5. The lowest BCUT2D eigenvalue weighted by Crippen LogP contribution is -2.39. The van der Waals surface area contributed by atoms with Gasteiger partial charge in [0.25, 0.3) is 0 Å². The van der Waals surface area contributed by atoms with Crippen molar-refractivity contribution in [3.05, 3.63) is 0 Å². The summed E-state index contributed by atoms with van der Waals surface area (Å²) in [5.74, 6) is 0. The summed E-state index contributed by atoms with van der Waals surface area (Å²) in [6.07, 6.45) is 2.91. The summed E-state index contributed by atoms with van der Waals surface area (Å²) in [7, 11) is -3.34. The zero-order valence-corrected chi connectivity index (χ0v) is 9.97. The molecule has 0 spiro atoms. The van der Waals surface area contributed by atoms with Crippen molar-refractivity contribution in [2.24, 2.45) is 0 Å². The van der Waals surface area contributed by atoms with Gasteiger partial charge in [-0.3, -0.25) is 0 Å². The molecule has 0 aromatic rings. The third-order valence-electron chi connectivity index (χ3n) is 2.14. The molecule has 0 rings (SSSR count). The first-order valence-electron chi connectivity index (χ1n) is 5.06. The first-order valence-corrected chi connectivity index (χ1v) is 6.60. The molecule has 0 saturated carbocycles. The van der Waals surface area contributed by atoms with Crippen molar-refractivity contribution < 1.29 is 13.5 Å². The van der Waals surface area contributed by atoms with E-state index in [1.54, 1.807) is 0 Å². The Hall–Kier alpha value is -0.130. The van der Waals surface area contributed by atoms with E-state index in [-0.39, 0.29) is 12.6 Å². The van der Waals surface area contributed by atoms with Crippen LogP contribution in [-0.4, -0.2) is 31.4 Å². The van der Waals surface area contributed by atoms with Gasteiger partial charge < -0.3 is 5.11 Å². The van der Waals surface area contributed by atoms with E-state index in [0.717, 1.165) is 19.3 Å². The molecule has 0 aliphatic rings. The molecule has 0 amide bonds. The van der Waals surface area contributed by atoms with Crippen molar-refractivity contribution in [1.82, 2.24) is 4.72 Å². The molecule has 4 nitrogen and oxygen atoms in total. The molecule has 86 valence electrons. The molecule has 2 N–H and O–H groups in total. The number of nitrogens with one attached hydrogen (secondary N) is 1. The number of hydrogen-bond donors (Lipinski definition) is 2. The standard InChI is InChI=1S/C9H21NO3S/c1-4-5-6-8(2)10-14(12,13)9(3)7-11/h8-11H,4-7H2,1-3H3. The van der Waals surface area contributed by atoms with Crippen molar-refractivity contribution in [3.8, 4) is 0 Å². The van der Waals surface area contributed by atoms with Crippen LogP contribution in [0.5, 0.6) is 0 Å². The van der Waals surface area contributed by atoms with Gasteiger partial charge in [0.2, 0.25) is 10.0 Å². The summed E-state index contributed by atoms with van der Waals surface area (Å²) in [6.45, 7) is 5.07. The van der Waals surface area contributed by atoms with Crippen LogP contribution in [0.2, 0.25) is 0 Å². The van der Waals surface area contributed by atoms with Crippen molar-refractivity contribution in [2.45, 2.75) is 51.3 Å². The molecular formula is C9H21NO3S. The van der Waals surface area contributed by atoms with E-state index in [9.17, 15) is 8.42 Å². The molecule has 0 saturated heterocycles. The molecular weight excluding hydrogens is 202 g/mol. The third-order valence-corrected chi connectivity index (χ3v) is 4.08. The quantitative estimate of drug-likeness (QED) is 0.673. The van der Waals surface area contributed by atoms with Gasteiger partial charge in [0.15, 0.2) is 0 Å². The molecule has 0 fully saturated rings. The maximum absolute atomic E-state index is 11.5. The minimum Gasteiger partial charge on any atom is -0.395 e. The van der Waals surface area contributed by atoms with Crippen molar-refractivity contribution in [1.29, 1.82) is 0 Å². The molecule has 0 aromatic carbocycles. The Labute approximate surface area is 86.8 Å². The predicted octanol–water partition coefficient (Wildman–Crippen LogP) is 0.865. The van der Waals surface area contributed by atoms with E-state index in [2.05, 4.69) is 11.6 Å². The molecule has 5 heteroatoms. The molecule has 2 atom stereocenters. The smallest absolute Gasteiger partial charge is 0.216 e. The average Bonchev–Trinajstić information content (AvgIpc) is 2.12. The van der Waals surface area contributed by atoms with E-state index in [1.165, 1.54) is 6.92 Å². The third kappa shape index (κ3) is 4.93. The van der Waals surface area contributed by atoms with Gasteiger partial charge in [0.1, 0.15) is 0 Å². The monoisotopic (exact) mass is 223 g/mol. The maximum Gasteiger partial charge on any atom is 0.216 e. The topological polar surface area (TPSA) is 66.4 Å². The highest BCUT2D eigenvalue weighted by atomic mass is 32.2. The van der Waals surface area contributed by atoms with Gasteiger partial charge >= 0.3 is 0 Å². The fraction of sp³-hybridized carbons (Fsp3) is 1.00. The van der Waals surface area contributed by atoms with Crippen LogP contribution in [0.4, 0.5) is 0 Å². The second-order valence-electron chi connectivity index (χ2n) is 3.70. The van der Waals surface area contributed by atoms with Crippen LogP contribution < -0.4 is 4.72 Å². The van der Waals surface area contributed by atoms with Crippen molar-refractivity contribution in [2.75, 3.05) is 6.61 Å². The highest BCUT2D eigenvalue weighted by molar-refractivity contribution is 7.90. The minimum atomic E-state index is -3.34. The Bertz CT molecular complexity index is 238. The van der Waals surface area contributed by atoms with E-state index in [1.807, 2.05) is 6.92 Å². The zero-order valence-electron chi connectivity index (χ0n) is 9.16. The van der Waals surface area contributed by atoms with E-state index in [0.29, 0.717) is 0 Å². The molecule has 0 aliphatic heterocycles. The lowest BCUT2D eigenvalue weighted by atomic mass is 10.2. The van der Waals surface area contributed by atoms with Crippen LogP contribution in [0.25, 0.3) is 0 Å². The summed E-state index contributed by atoms with van der Waals surface area (Å²) in [6, 6.07) is -0.0473. The number of sulfonamides is 1. The Kier molecular flexibility index (Phi) is 6.31. The Balaban J connectivity index is 4.09. The van der Waals surface area contributed by atoms with E-state index >= 15 is 0 Å². The van der Waals surface area contributed by atoms with Crippen LogP contribution in [-0.2, 0) is 10.0 Å². The summed E-state index contributed by atoms with van der Waals surface area (Å²) in [4.78, 5) is 0. The van der Waals surface area contributed by atoms with Gasteiger partial charge in [0.05, 0.1) is 11.9 Å². The van der Waals surface area contributed by atoms with Gasteiger partial charge in [-0.2, -0.15) is 0 Å². The molecule has 0 aliphatic carbocycles. The number of rotatable bonds is 7. The first-order chi connectivity index (χ1) is 6.44. The van der Waals surface area contributed by atoms with Crippen molar-refractivity contribution in [3.63, 3.8) is 0 Å². The lowest BCUT2D eigenvalue weighted by molar-refractivity contribution is 0.294. The highest BCUT2D eigenvalue weighted by Crippen LogP contribution is 2.04. The Morgan fingerprint density at radius 3 is 2.36 bits per heavy atom. The normalized spacial score (nSPS) is 16.6. The van der Waals surface area contributed by atoms with Crippen LogP contribution in [0.3, 0.4) is 0 Å². The van der Waals surface area contributed by atoms with Crippen molar-refractivity contribution >= 4 is 10.0 Å². The molecule has 0 heterocycles. The number of aliphatic hydroxyl groups is 1. The molecule has 0 radical (unpaired) electrons. The molecule has 0 aromatic heterocycles. The van der Waals surface area contributed by atoms with Gasteiger partial charge in [-0.15, -0.1) is 0 Å². The van der Waals surface area contributed by atoms with Gasteiger partial charge in [-0.05, 0) is 20.3 Å². The number of hydrogen-bond acceptors (Lipinski definition) is 3. The zero-order chi connectivity index (χ0) is 11.2. The first kappa shape index (κ1) is 13.9. The van der Waals surface area contributed by atoms with E-state index in [4.69, 9.17) is 5.11 Å². The number of unbranched alkanes of at least 4 members (excludes halogenated alkanes) is 1.